The normalized spacial score (nSPS) is 13.1. The Hall–Kier alpha value is -1.72. The first kappa shape index (κ1) is 26.3. The van der Waals surface area contributed by atoms with Crippen LogP contribution in [0.5, 0.6) is 0 Å². The predicted octanol–water partition coefficient (Wildman–Crippen LogP) is 0.206. The molecule has 14 heteroatoms. The Morgan fingerprint density at radius 2 is 1.25 bits per heavy atom. The van der Waals surface area contributed by atoms with Gasteiger partial charge in [0.1, 0.15) is 0 Å². The molecule has 0 radical (unpaired) electrons. The molecule has 0 heterocycles. The van der Waals surface area contributed by atoms with Gasteiger partial charge >= 0.3 is 163 Å². The standard InChI is InChI=1S/C14H26BO11PS/c1-5-27(6-2,7-3,9-10-28(22,23)8-4)26-15(24-13(20)11(16)17)25-14(21)12(18)19/h5-10H2,1-4H3,(H,16,17)(H,18,19). The Kier molecular flexibility index (Phi) is 9.55. The summed E-state index contributed by atoms with van der Waals surface area (Å²) in [6, 6.07) is 0. The van der Waals surface area contributed by atoms with Crippen LogP contribution in [0.25, 0.3) is 0 Å². The molecular weight excluding hydrogens is 418 g/mol. The van der Waals surface area contributed by atoms with Crippen LogP contribution in [0.4, 0.5) is 0 Å². The first-order valence-corrected chi connectivity index (χ1v) is 13.3. The van der Waals surface area contributed by atoms with Gasteiger partial charge in [-0.25, -0.2) is 0 Å². The maximum absolute atomic E-state index is 12.0. The molecule has 0 amide bonds. The number of carbonyl (C=O) groups excluding carboxylic acids is 2. The molecule has 0 saturated heterocycles. The van der Waals surface area contributed by atoms with Crippen LogP contribution >= 0.6 is 6.83 Å². The molecule has 0 aliphatic carbocycles. The summed E-state index contributed by atoms with van der Waals surface area (Å²) in [7, 11) is -5.61. The van der Waals surface area contributed by atoms with Gasteiger partial charge in [0.2, 0.25) is 0 Å². The molecule has 0 rings (SSSR count). The van der Waals surface area contributed by atoms with E-state index in [0.29, 0.717) is 18.5 Å². The second-order valence-corrected chi connectivity index (χ2v) is 14.8. The van der Waals surface area contributed by atoms with Crippen LogP contribution in [-0.4, -0.2) is 86.0 Å². The SMILES string of the molecule is CCS(=O)(=O)CCP(CC)(CC)(CC)OB(OC(=O)C(=O)O)OC(=O)C(=O)O. The van der Waals surface area contributed by atoms with E-state index < -0.39 is 47.9 Å². The summed E-state index contributed by atoms with van der Waals surface area (Å²) in [6.45, 7) is 3.18. The van der Waals surface area contributed by atoms with E-state index in [1.165, 1.54) is 6.92 Å². The summed E-state index contributed by atoms with van der Waals surface area (Å²) in [4.78, 5) is 44.3. The maximum atomic E-state index is 12.0. The zero-order valence-electron chi connectivity index (χ0n) is 16.2. The number of aliphatic carboxylic acids is 2. The van der Waals surface area contributed by atoms with Crippen LogP contribution in [0.2, 0.25) is 0 Å². The van der Waals surface area contributed by atoms with Gasteiger partial charge in [0.05, 0.1) is 0 Å². The molecular formula is C14H26BO11PS. The topological polar surface area (TPSA) is 171 Å². The second-order valence-electron chi connectivity index (χ2n) is 6.08. The molecule has 0 aromatic heterocycles. The molecule has 0 saturated carbocycles. The minimum absolute atomic E-state index is 0.0526. The minimum atomic E-state index is -3.47. The van der Waals surface area contributed by atoms with Gasteiger partial charge in [0, 0.05) is 0 Å². The van der Waals surface area contributed by atoms with Crippen molar-refractivity contribution in [3.8, 4) is 0 Å². The van der Waals surface area contributed by atoms with Crippen molar-refractivity contribution in [2.75, 3.05) is 36.2 Å². The van der Waals surface area contributed by atoms with Gasteiger partial charge in [0.25, 0.3) is 0 Å². The van der Waals surface area contributed by atoms with E-state index in [4.69, 9.17) is 14.7 Å². The summed E-state index contributed by atoms with van der Waals surface area (Å²) in [6.07, 6.45) is 0.980. The third-order valence-electron chi connectivity index (χ3n) is 4.95. The molecule has 0 atom stereocenters. The van der Waals surface area contributed by atoms with Gasteiger partial charge in [-0.05, 0) is 0 Å². The fourth-order valence-electron chi connectivity index (χ4n) is 2.52. The van der Waals surface area contributed by atoms with Gasteiger partial charge in [-0.2, -0.15) is 0 Å². The molecule has 11 nitrogen and oxygen atoms in total. The van der Waals surface area contributed by atoms with Gasteiger partial charge in [-0.3, -0.25) is 0 Å². The van der Waals surface area contributed by atoms with Gasteiger partial charge in [0.15, 0.2) is 0 Å². The molecule has 162 valence electrons. The molecule has 0 fully saturated rings. The third kappa shape index (κ3) is 7.03. The van der Waals surface area contributed by atoms with E-state index in [0.717, 1.165) is 0 Å². The molecule has 2 N–H and O–H groups in total. The summed E-state index contributed by atoms with van der Waals surface area (Å²) in [5, 5.41) is 17.4. The number of sulfone groups is 1. The van der Waals surface area contributed by atoms with Crippen molar-refractivity contribution in [1.29, 1.82) is 0 Å². The van der Waals surface area contributed by atoms with Gasteiger partial charge < -0.3 is 0 Å². The predicted molar refractivity (Wildman–Crippen MR) is 102 cm³/mol. The van der Waals surface area contributed by atoms with E-state index in [9.17, 15) is 27.6 Å². The quantitative estimate of drug-likeness (QED) is 0.254. The zero-order chi connectivity index (χ0) is 22.2. The number of hydrogen-bond donors (Lipinski definition) is 2. The van der Waals surface area contributed by atoms with Crippen LogP contribution < -0.4 is 0 Å². The van der Waals surface area contributed by atoms with E-state index in [1.54, 1.807) is 20.8 Å². The third-order valence-corrected chi connectivity index (χ3v) is 13.9. The summed E-state index contributed by atoms with van der Waals surface area (Å²) in [5.74, 6) is -7.96. The average Bonchev–Trinajstić information content (AvgIpc) is 2.65. The van der Waals surface area contributed by atoms with Crippen LogP contribution in [0.3, 0.4) is 0 Å². The summed E-state index contributed by atoms with van der Waals surface area (Å²) in [5.41, 5.74) is 0. The summed E-state index contributed by atoms with van der Waals surface area (Å²) >= 11 is 0. The van der Waals surface area contributed by atoms with Crippen LogP contribution in [0.1, 0.15) is 27.7 Å². The van der Waals surface area contributed by atoms with E-state index in [2.05, 4.69) is 9.31 Å². The van der Waals surface area contributed by atoms with Crippen molar-refractivity contribution < 1.29 is 51.6 Å². The Balaban J connectivity index is 5.97. The van der Waals surface area contributed by atoms with E-state index in [1.807, 2.05) is 0 Å². The Bertz CT molecular complexity index is 678. The van der Waals surface area contributed by atoms with E-state index in [-0.39, 0.29) is 17.7 Å². The fourth-order valence-corrected chi connectivity index (χ4v) is 9.19. The number of carbonyl (C=O) groups is 4. The van der Waals surface area contributed by atoms with Crippen molar-refractivity contribution in [2.24, 2.45) is 0 Å². The first-order chi connectivity index (χ1) is 12.8. The Morgan fingerprint density at radius 1 is 0.857 bits per heavy atom. The first-order valence-electron chi connectivity index (χ1n) is 8.57. The summed E-state index contributed by atoms with van der Waals surface area (Å²) < 4.78 is 38.8. The average molecular weight is 444 g/mol. The number of carboxylic acid groups (broad SMARTS) is 2. The van der Waals surface area contributed by atoms with Crippen LogP contribution in [-0.2, 0) is 42.8 Å². The van der Waals surface area contributed by atoms with Gasteiger partial charge in [-0.15, -0.1) is 0 Å². The van der Waals surface area contributed by atoms with E-state index >= 15 is 0 Å². The van der Waals surface area contributed by atoms with Gasteiger partial charge in [-0.1, -0.05) is 0 Å². The second kappa shape index (κ2) is 10.2. The Labute approximate surface area is 163 Å². The van der Waals surface area contributed by atoms with Crippen LogP contribution in [0, 0.1) is 0 Å². The molecule has 0 spiro atoms. The molecule has 0 aliphatic heterocycles. The number of hydrogen-bond acceptors (Lipinski definition) is 9. The Morgan fingerprint density at radius 3 is 1.54 bits per heavy atom. The van der Waals surface area contributed by atoms with Crippen molar-refractivity contribution in [3.63, 3.8) is 0 Å². The molecule has 0 aromatic carbocycles. The fraction of sp³-hybridized carbons (Fsp3) is 0.714. The van der Waals surface area contributed by atoms with Crippen LogP contribution in [0.15, 0.2) is 0 Å². The molecule has 0 aliphatic rings. The zero-order valence-corrected chi connectivity index (χ0v) is 18.0. The molecule has 0 bridgehead atoms. The van der Waals surface area contributed by atoms with Crippen molar-refractivity contribution in [3.05, 3.63) is 0 Å². The van der Waals surface area contributed by atoms with Crippen molar-refractivity contribution in [1.82, 2.24) is 0 Å². The van der Waals surface area contributed by atoms with Crippen molar-refractivity contribution >= 4 is 47.9 Å². The van der Waals surface area contributed by atoms with Crippen molar-refractivity contribution in [2.45, 2.75) is 27.7 Å². The number of carboxylic acids is 2. The monoisotopic (exact) mass is 444 g/mol. The number of rotatable bonds is 11. The molecule has 28 heavy (non-hydrogen) atoms. The molecule has 0 unspecified atom stereocenters. The molecule has 0 aromatic rings.